The second-order valence-corrected chi connectivity index (χ2v) is 15.7. The van der Waals surface area contributed by atoms with Crippen molar-refractivity contribution in [2.75, 3.05) is 60.0 Å². The van der Waals surface area contributed by atoms with Gasteiger partial charge in [0.15, 0.2) is 0 Å². The summed E-state index contributed by atoms with van der Waals surface area (Å²) in [5.74, 6) is 1.21. The summed E-state index contributed by atoms with van der Waals surface area (Å²) in [6.45, 7) is 2.08. The zero-order valence-electron chi connectivity index (χ0n) is 17.7. The number of thioether (sulfide) groups is 6. The molecule has 2 N–H and O–H groups in total. The average molecular weight is 559 g/mol. The normalized spacial score (nSPS) is 20.1. The molecule has 3 rings (SSSR count). The molecule has 32 heavy (non-hydrogen) atoms. The first-order chi connectivity index (χ1) is 15.7. The fraction of sp³-hybridized carbons (Fsp3) is 0.700. The van der Waals surface area contributed by atoms with Gasteiger partial charge in [-0.3, -0.25) is 0 Å². The van der Waals surface area contributed by atoms with Crippen molar-refractivity contribution >= 4 is 70.6 Å². The van der Waals surface area contributed by atoms with Crippen LogP contribution in [-0.2, 0) is 9.47 Å². The Morgan fingerprint density at radius 3 is 1.59 bits per heavy atom. The van der Waals surface area contributed by atoms with E-state index in [2.05, 4.69) is 0 Å². The largest absolute Gasteiger partial charge is 0.491 e. The van der Waals surface area contributed by atoms with Crippen molar-refractivity contribution in [3.8, 4) is 11.5 Å². The predicted molar refractivity (Wildman–Crippen MR) is 144 cm³/mol. The van der Waals surface area contributed by atoms with Gasteiger partial charge in [-0.2, -0.15) is 0 Å². The lowest BCUT2D eigenvalue weighted by Crippen LogP contribution is -2.26. The molecule has 0 bridgehead atoms. The molecule has 0 radical (unpaired) electrons. The Morgan fingerprint density at radius 2 is 1.16 bits per heavy atom. The lowest BCUT2D eigenvalue weighted by atomic mass is 10.3. The monoisotopic (exact) mass is 558 g/mol. The second kappa shape index (κ2) is 16.4. The highest BCUT2D eigenvalue weighted by Gasteiger charge is 2.17. The predicted octanol–water partition coefficient (Wildman–Crippen LogP) is 4.11. The molecule has 2 fully saturated rings. The van der Waals surface area contributed by atoms with Gasteiger partial charge < -0.3 is 29.2 Å². The molecule has 2 heterocycles. The van der Waals surface area contributed by atoms with Crippen molar-refractivity contribution in [2.24, 2.45) is 0 Å². The highest BCUT2D eigenvalue weighted by molar-refractivity contribution is 8.33. The van der Waals surface area contributed by atoms with Crippen LogP contribution in [0.4, 0.5) is 0 Å². The van der Waals surface area contributed by atoms with Gasteiger partial charge in [0.1, 0.15) is 36.9 Å². The van der Waals surface area contributed by atoms with Crippen LogP contribution in [0.1, 0.15) is 0 Å². The molecule has 0 saturated carbocycles. The van der Waals surface area contributed by atoms with Crippen LogP contribution in [0.3, 0.4) is 0 Å². The van der Waals surface area contributed by atoms with Gasteiger partial charge >= 0.3 is 0 Å². The minimum absolute atomic E-state index is 0.149. The number of rotatable bonds is 14. The Hall–Kier alpha value is 0.760. The molecule has 0 aromatic heterocycles. The maximum Gasteiger partial charge on any atom is 0.123 e. The van der Waals surface area contributed by atoms with Crippen LogP contribution in [0, 0.1) is 0 Å². The zero-order valence-corrected chi connectivity index (χ0v) is 22.6. The molecule has 1 aromatic rings. The summed E-state index contributed by atoms with van der Waals surface area (Å²) >= 11 is 11.4. The lowest BCUT2D eigenvalue weighted by molar-refractivity contribution is 0.0145. The molecule has 2 aliphatic heterocycles. The number of ether oxygens (including phenoxy) is 4. The highest BCUT2D eigenvalue weighted by Crippen LogP contribution is 2.36. The summed E-state index contributed by atoms with van der Waals surface area (Å²) in [6, 6.07) is 7.19. The molecule has 2 aliphatic rings. The Labute approximate surface area is 215 Å². The minimum Gasteiger partial charge on any atom is -0.491 e. The Balaban J connectivity index is 1.26. The third-order valence-corrected chi connectivity index (χ3v) is 12.7. The van der Waals surface area contributed by atoms with Crippen molar-refractivity contribution in [3.63, 3.8) is 0 Å². The molecule has 182 valence electrons. The maximum atomic E-state index is 10.1. The van der Waals surface area contributed by atoms with Crippen molar-refractivity contribution in [1.29, 1.82) is 0 Å². The first-order valence-electron chi connectivity index (χ1n) is 10.2. The van der Waals surface area contributed by atoms with Gasteiger partial charge in [0, 0.05) is 26.4 Å². The molecular weight excluding hydrogens is 529 g/mol. The van der Waals surface area contributed by atoms with E-state index in [1.807, 2.05) is 88.8 Å². The van der Waals surface area contributed by atoms with E-state index in [0.29, 0.717) is 33.9 Å². The SMILES string of the molecule is OC(COCC1SCSCS1)COc1cccc(OCC(O)COCC2SCSCS2)c1. The lowest BCUT2D eigenvalue weighted by Gasteiger charge is -2.21. The average Bonchev–Trinajstić information content (AvgIpc) is 2.83. The smallest absolute Gasteiger partial charge is 0.123 e. The van der Waals surface area contributed by atoms with Gasteiger partial charge in [-0.1, -0.05) is 6.07 Å². The number of aliphatic hydroxyl groups excluding tert-OH is 2. The topological polar surface area (TPSA) is 77.4 Å². The number of benzene rings is 1. The van der Waals surface area contributed by atoms with Gasteiger partial charge in [-0.05, 0) is 12.1 Å². The molecule has 6 nitrogen and oxygen atoms in total. The van der Waals surface area contributed by atoms with E-state index in [-0.39, 0.29) is 26.4 Å². The van der Waals surface area contributed by atoms with E-state index in [0.717, 1.165) is 20.3 Å². The van der Waals surface area contributed by atoms with Crippen LogP contribution < -0.4 is 9.47 Å². The first kappa shape index (κ1) is 27.3. The van der Waals surface area contributed by atoms with E-state index in [4.69, 9.17) is 18.9 Å². The van der Waals surface area contributed by atoms with E-state index in [1.165, 1.54) is 0 Å². The van der Waals surface area contributed by atoms with E-state index >= 15 is 0 Å². The van der Waals surface area contributed by atoms with Crippen molar-refractivity contribution < 1.29 is 29.2 Å². The van der Waals surface area contributed by atoms with Gasteiger partial charge in [0.25, 0.3) is 0 Å². The number of hydrogen-bond donors (Lipinski definition) is 2. The Bertz CT molecular complexity index is 583. The summed E-state index contributed by atoms with van der Waals surface area (Å²) in [7, 11) is 0. The van der Waals surface area contributed by atoms with Gasteiger partial charge in [-0.15, -0.1) is 70.6 Å². The Kier molecular flexibility index (Phi) is 14.0. The quantitative estimate of drug-likeness (QED) is 0.345. The maximum absolute atomic E-state index is 10.1. The molecule has 12 heteroatoms. The summed E-state index contributed by atoms with van der Waals surface area (Å²) < 4.78 is 23.5. The van der Waals surface area contributed by atoms with Crippen molar-refractivity contribution in [2.45, 2.75) is 21.4 Å². The summed E-state index contributed by atoms with van der Waals surface area (Å²) in [5, 5.41) is 24.6. The summed E-state index contributed by atoms with van der Waals surface area (Å²) in [6.07, 6.45) is -1.38. The first-order valence-corrected chi connectivity index (χ1v) is 16.7. The van der Waals surface area contributed by atoms with Crippen LogP contribution >= 0.6 is 70.6 Å². The van der Waals surface area contributed by atoms with Gasteiger partial charge in [0.2, 0.25) is 0 Å². The van der Waals surface area contributed by atoms with Crippen LogP contribution in [0.2, 0.25) is 0 Å². The molecule has 2 saturated heterocycles. The summed E-state index contributed by atoms with van der Waals surface area (Å²) in [5.41, 5.74) is 0. The van der Waals surface area contributed by atoms with Crippen LogP contribution in [0.15, 0.2) is 24.3 Å². The van der Waals surface area contributed by atoms with Gasteiger partial charge in [-0.25, -0.2) is 0 Å². The van der Waals surface area contributed by atoms with E-state index < -0.39 is 12.2 Å². The molecule has 0 spiro atoms. The van der Waals surface area contributed by atoms with Crippen LogP contribution in [-0.4, -0.2) is 91.6 Å². The third-order valence-electron chi connectivity index (χ3n) is 4.17. The highest BCUT2D eigenvalue weighted by atomic mass is 32.3. The molecule has 2 atom stereocenters. The van der Waals surface area contributed by atoms with Crippen LogP contribution in [0.5, 0.6) is 11.5 Å². The zero-order chi connectivity index (χ0) is 22.4. The number of aliphatic hydroxyl groups is 2. The molecule has 0 amide bonds. The molecular formula is C20H30O6S6. The molecule has 2 unspecified atom stereocenters. The molecule has 0 aliphatic carbocycles. The minimum atomic E-state index is -0.689. The number of hydrogen-bond acceptors (Lipinski definition) is 12. The van der Waals surface area contributed by atoms with Crippen molar-refractivity contribution in [3.05, 3.63) is 24.3 Å². The third kappa shape index (κ3) is 11.5. The fourth-order valence-electron chi connectivity index (χ4n) is 2.59. The van der Waals surface area contributed by atoms with Crippen molar-refractivity contribution in [1.82, 2.24) is 0 Å². The standard InChI is InChI=1S/C20H30O6S6/c21-15(5-23-9-19-29-11-27-12-30-19)7-25-17-2-1-3-18(4-17)26-8-16(22)6-24-10-20-31-13-28-14-32-20/h1-4,15-16,19-22H,5-14H2. The van der Waals surface area contributed by atoms with Gasteiger partial charge in [0.05, 0.1) is 35.6 Å². The fourth-order valence-corrected chi connectivity index (χ4v) is 11.9. The second-order valence-electron chi connectivity index (χ2n) is 6.88. The van der Waals surface area contributed by atoms with E-state index in [9.17, 15) is 10.2 Å². The van der Waals surface area contributed by atoms with Crippen LogP contribution in [0.25, 0.3) is 0 Å². The summed E-state index contributed by atoms with van der Waals surface area (Å²) in [4.78, 5) is 0. The molecule has 1 aromatic carbocycles. The van der Waals surface area contributed by atoms with E-state index in [1.54, 1.807) is 6.07 Å². The Morgan fingerprint density at radius 1 is 0.719 bits per heavy atom.